The maximum atomic E-state index is 9.41. The minimum atomic E-state index is -0.426. The molecule has 0 aromatic carbocycles. The molecule has 4 heteroatoms. The van der Waals surface area contributed by atoms with Gasteiger partial charge in [0, 0.05) is 19.5 Å². The molecule has 0 amide bonds. The van der Waals surface area contributed by atoms with Crippen LogP contribution in [0.2, 0.25) is 0 Å². The van der Waals surface area contributed by atoms with Gasteiger partial charge in [-0.05, 0) is 26.8 Å². The van der Waals surface area contributed by atoms with Gasteiger partial charge in [0.05, 0.1) is 18.5 Å². The van der Waals surface area contributed by atoms with Gasteiger partial charge in [0.15, 0.2) is 5.72 Å². The quantitative estimate of drug-likeness (QED) is 0.709. The lowest BCUT2D eigenvalue weighted by Gasteiger charge is -2.38. The molecule has 15 heavy (non-hydrogen) atoms. The molecular formula is C11H21NO3. The molecule has 0 aromatic rings. The third-order valence-electron chi connectivity index (χ3n) is 2.55. The van der Waals surface area contributed by atoms with Gasteiger partial charge in [-0.25, -0.2) is 0 Å². The van der Waals surface area contributed by atoms with E-state index in [0.29, 0.717) is 13.1 Å². The molecule has 0 radical (unpaired) electrons. The first kappa shape index (κ1) is 12.5. The summed E-state index contributed by atoms with van der Waals surface area (Å²) in [4.78, 5) is 1.97. The van der Waals surface area contributed by atoms with Crippen molar-refractivity contribution in [2.45, 2.75) is 45.1 Å². The molecule has 1 aliphatic rings. The van der Waals surface area contributed by atoms with Gasteiger partial charge in [-0.2, -0.15) is 0 Å². The minimum Gasteiger partial charge on any atom is -0.480 e. The Labute approximate surface area is 91.2 Å². The summed E-state index contributed by atoms with van der Waals surface area (Å²) in [6, 6.07) is 0. The Hall–Kier alpha value is -0.580. The lowest BCUT2D eigenvalue weighted by molar-refractivity contribution is -0.110. The number of aliphatic hydroxyl groups is 2. The SMILES string of the molecule is CC(O)CN(CC(C)O)C1(C)CC=CO1. The smallest absolute Gasteiger partial charge is 0.163 e. The second-order valence-corrected chi connectivity index (χ2v) is 4.47. The second kappa shape index (κ2) is 4.96. The van der Waals surface area contributed by atoms with Crippen LogP contribution in [0.25, 0.3) is 0 Å². The fraction of sp³-hybridized carbons (Fsp3) is 0.818. The predicted molar refractivity (Wildman–Crippen MR) is 58.2 cm³/mol. The van der Waals surface area contributed by atoms with Gasteiger partial charge in [0.25, 0.3) is 0 Å². The molecule has 4 nitrogen and oxygen atoms in total. The highest BCUT2D eigenvalue weighted by molar-refractivity contribution is 4.95. The number of hydrogen-bond acceptors (Lipinski definition) is 4. The van der Waals surface area contributed by atoms with Crippen LogP contribution in [0.3, 0.4) is 0 Å². The molecule has 0 saturated heterocycles. The third-order valence-corrected chi connectivity index (χ3v) is 2.55. The van der Waals surface area contributed by atoms with Gasteiger partial charge in [-0.15, -0.1) is 0 Å². The van der Waals surface area contributed by atoms with Crippen molar-refractivity contribution in [3.05, 3.63) is 12.3 Å². The van der Waals surface area contributed by atoms with Crippen LogP contribution in [0, 0.1) is 0 Å². The highest BCUT2D eigenvalue weighted by atomic mass is 16.5. The van der Waals surface area contributed by atoms with Gasteiger partial charge in [0.2, 0.25) is 0 Å². The number of rotatable bonds is 5. The van der Waals surface area contributed by atoms with E-state index in [1.54, 1.807) is 20.1 Å². The summed E-state index contributed by atoms with van der Waals surface area (Å²) in [6.45, 7) is 6.45. The Morgan fingerprint density at radius 1 is 1.33 bits per heavy atom. The zero-order chi connectivity index (χ0) is 11.5. The van der Waals surface area contributed by atoms with Crippen molar-refractivity contribution in [1.82, 2.24) is 4.90 Å². The van der Waals surface area contributed by atoms with Crippen LogP contribution >= 0.6 is 0 Å². The summed E-state index contributed by atoms with van der Waals surface area (Å²) in [7, 11) is 0. The summed E-state index contributed by atoms with van der Waals surface area (Å²) in [5.74, 6) is 0. The number of nitrogens with zero attached hydrogens (tertiary/aromatic N) is 1. The van der Waals surface area contributed by atoms with E-state index in [9.17, 15) is 10.2 Å². The van der Waals surface area contributed by atoms with Crippen molar-refractivity contribution < 1.29 is 14.9 Å². The highest BCUT2D eigenvalue weighted by Gasteiger charge is 2.35. The van der Waals surface area contributed by atoms with Crippen LogP contribution in [-0.2, 0) is 4.74 Å². The largest absolute Gasteiger partial charge is 0.480 e. The van der Waals surface area contributed by atoms with Crippen molar-refractivity contribution in [3.8, 4) is 0 Å². The van der Waals surface area contributed by atoms with E-state index in [4.69, 9.17) is 4.74 Å². The van der Waals surface area contributed by atoms with Crippen LogP contribution in [0.5, 0.6) is 0 Å². The number of hydrogen-bond donors (Lipinski definition) is 2. The molecule has 2 N–H and O–H groups in total. The first-order valence-electron chi connectivity index (χ1n) is 5.38. The monoisotopic (exact) mass is 215 g/mol. The zero-order valence-electron chi connectivity index (χ0n) is 9.68. The summed E-state index contributed by atoms with van der Waals surface area (Å²) in [5.41, 5.74) is -0.423. The van der Waals surface area contributed by atoms with E-state index in [1.165, 1.54) is 0 Å². The fourth-order valence-electron chi connectivity index (χ4n) is 1.81. The minimum absolute atomic E-state index is 0.423. The van der Waals surface area contributed by atoms with E-state index in [2.05, 4.69) is 0 Å². The van der Waals surface area contributed by atoms with Gasteiger partial charge in [0.1, 0.15) is 0 Å². The van der Waals surface area contributed by atoms with Gasteiger partial charge in [-0.1, -0.05) is 0 Å². The lowest BCUT2D eigenvalue weighted by Crippen LogP contribution is -2.51. The van der Waals surface area contributed by atoms with Crippen LogP contribution in [-0.4, -0.2) is 46.1 Å². The molecule has 3 atom stereocenters. The van der Waals surface area contributed by atoms with Crippen molar-refractivity contribution in [3.63, 3.8) is 0 Å². The Kier molecular flexibility index (Phi) is 4.13. The number of aliphatic hydroxyl groups excluding tert-OH is 2. The predicted octanol–water partition coefficient (Wildman–Crippen LogP) is 0.700. The molecule has 3 unspecified atom stereocenters. The normalized spacial score (nSPS) is 29.2. The van der Waals surface area contributed by atoms with E-state index in [0.717, 1.165) is 6.42 Å². The van der Waals surface area contributed by atoms with Crippen molar-refractivity contribution in [2.24, 2.45) is 0 Å². The Balaban J connectivity index is 2.62. The molecule has 1 aliphatic heterocycles. The molecule has 1 heterocycles. The zero-order valence-corrected chi connectivity index (χ0v) is 9.68. The van der Waals surface area contributed by atoms with Crippen molar-refractivity contribution in [1.29, 1.82) is 0 Å². The lowest BCUT2D eigenvalue weighted by atomic mass is 10.1. The fourth-order valence-corrected chi connectivity index (χ4v) is 1.81. The van der Waals surface area contributed by atoms with Crippen LogP contribution < -0.4 is 0 Å². The molecule has 1 rings (SSSR count). The molecule has 0 saturated carbocycles. The average Bonchev–Trinajstić information content (AvgIpc) is 2.50. The van der Waals surface area contributed by atoms with Crippen LogP contribution in [0.4, 0.5) is 0 Å². The first-order valence-corrected chi connectivity index (χ1v) is 5.38. The summed E-state index contributed by atoms with van der Waals surface area (Å²) < 4.78 is 5.53. The molecule has 0 bridgehead atoms. The average molecular weight is 215 g/mol. The molecule has 88 valence electrons. The maximum Gasteiger partial charge on any atom is 0.163 e. The van der Waals surface area contributed by atoms with E-state index in [1.807, 2.05) is 17.9 Å². The Morgan fingerprint density at radius 3 is 2.20 bits per heavy atom. The van der Waals surface area contributed by atoms with Crippen molar-refractivity contribution >= 4 is 0 Å². The van der Waals surface area contributed by atoms with Crippen molar-refractivity contribution in [2.75, 3.05) is 13.1 Å². The van der Waals surface area contributed by atoms with Gasteiger partial charge in [-0.3, -0.25) is 4.90 Å². The standard InChI is InChI=1S/C11H21NO3/c1-9(13)7-12(8-10(2)14)11(3)5-4-6-15-11/h4,6,9-10,13-14H,5,7-8H2,1-3H3. The second-order valence-electron chi connectivity index (χ2n) is 4.47. The topological polar surface area (TPSA) is 52.9 Å². The summed E-state index contributed by atoms with van der Waals surface area (Å²) >= 11 is 0. The molecule has 0 fully saturated rings. The van der Waals surface area contributed by atoms with Crippen LogP contribution in [0.15, 0.2) is 12.3 Å². The maximum absolute atomic E-state index is 9.41. The highest BCUT2D eigenvalue weighted by Crippen LogP contribution is 2.27. The van der Waals surface area contributed by atoms with E-state index in [-0.39, 0.29) is 0 Å². The van der Waals surface area contributed by atoms with E-state index >= 15 is 0 Å². The Bertz CT molecular complexity index is 208. The summed E-state index contributed by atoms with van der Waals surface area (Å²) in [6.07, 6.45) is 3.56. The van der Waals surface area contributed by atoms with Gasteiger partial charge >= 0.3 is 0 Å². The molecular weight excluding hydrogens is 194 g/mol. The first-order chi connectivity index (χ1) is 6.94. The third kappa shape index (κ3) is 3.48. The van der Waals surface area contributed by atoms with Crippen LogP contribution in [0.1, 0.15) is 27.2 Å². The van der Waals surface area contributed by atoms with Gasteiger partial charge < -0.3 is 14.9 Å². The molecule has 0 spiro atoms. The molecule has 0 aliphatic carbocycles. The number of ether oxygens (including phenoxy) is 1. The summed E-state index contributed by atoms with van der Waals surface area (Å²) in [5, 5.41) is 18.8. The molecule has 0 aromatic heterocycles. The Morgan fingerprint density at radius 2 is 1.87 bits per heavy atom. The van der Waals surface area contributed by atoms with E-state index < -0.39 is 17.9 Å².